The monoisotopic (exact) mass is 442 g/mol. The summed E-state index contributed by atoms with van der Waals surface area (Å²) in [5, 5.41) is 6.00. The second kappa shape index (κ2) is 8.96. The number of fused-ring (bicyclic) bond motifs is 1. The summed E-state index contributed by atoms with van der Waals surface area (Å²) in [6, 6.07) is 18.8. The van der Waals surface area contributed by atoms with Crippen LogP contribution in [0.3, 0.4) is 0 Å². The van der Waals surface area contributed by atoms with E-state index in [1.807, 2.05) is 24.3 Å². The molecule has 2 N–H and O–H groups in total. The first-order valence-electron chi connectivity index (χ1n) is 10.3. The van der Waals surface area contributed by atoms with Crippen molar-refractivity contribution in [2.75, 3.05) is 12.1 Å². The topological polar surface area (TPSA) is 85.4 Å². The molecule has 7 nitrogen and oxygen atoms in total. The zero-order chi connectivity index (χ0) is 22.6. The number of anilines is 2. The van der Waals surface area contributed by atoms with Crippen molar-refractivity contribution in [3.63, 3.8) is 0 Å². The van der Waals surface area contributed by atoms with Crippen LogP contribution in [-0.2, 0) is 6.54 Å². The number of aromatic nitrogens is 2. The second-order valence-corrected chi connectivity index (χ2v) is 7.38. The third-order valence-electron chi connectivity index (χ3n) is 5.10. The molecule has 164 valence electrons. The minimum Gasteiger partial charge on any atom is -0.454 e. The Morgan fingerprint density at radius 2 is 1.70 bits per heavy atom. The van der Waals surface area contributed by atoms with E-state index in [4.69, 9.17) is 9.47 Å². The molecule has 0 unspecified atom stereocenters. The fraction of sp³-hybridized carbons (Fsp3) is 0.0800. The standard InChI is InChI=1S/C25H19FN4O3/c26-20-7-5-17(6-8-20)19-13-28-25(29-14-19)30-21-3-1-2-18(11-21)24(31)27-12-16-4-9-22-23(10-16)33-15-32-22/h1-11,13-14H,12,15H2,(H,27,31)(H,28,29,30). The molecule has 5 rings (SSSR count). The fourth-order valence-electron chi connectivity index (χ4n) is 3.39. The number of nitrogens with one attached hydrogen (secondary N) is 2. The van der Waals surface area contributed by atoms with Gasteiger partial charge in [-0.05, 0) is 53.6 Å². The van der Waals surface area contributed by atoms with E-state index in [9.17, 15) is 9.18 Å². The average Bonchev–Trinajstić information content (AvgIpc) is 3.32. The lowest BCUT2D eigenvalue weighted by Crippen LogP contribution is -2.22. The van der Waals surface area contributed by atoms with Crippen molar-refractivity contribution in [3.8, 4) is 22.6 Å². The van der Waals surface area contributed by atoms with Crippen molar-refractivity contribution in [1.82, 2.24) is 15.3 Å². The van der Waals surface area contributed by atoms with Crippen LogP contribution in [0.25, 0.3) is 11.1 Å². The molecule has 3 aromatic carbocycles. The van der Waals surface area contributed by atoms with Gasteiger partial charge in [0, 0.05) is 35.8 Å². The Labute approximate surface area is 189 Å². The number of hydrogen-bond acceptors (Lipinski definition) is 6. The molecule has 0 aliphatic carbocycles. The van der Waals surface area contributed by atoms with Crippen LogP contribution in [0.5, 0.6) is 11.5 Å². The molecule has 4 aromatic rings. The minimum atomic E-state index is -0.294. The zero-order valence-electron chi connectivity index (χ0n) is 17.4. The summed E-state index contributed by atoms with van der Waals surface area (Å²) >= 11 is 0. The van der Waals surface area contributed by atoms with E-state index >= 15 is 0 Å². The summed E-state index contributed by atoms with van der Waals surface area (Å²) in [5.41, 5.74) is 3.70. The quantitative estimate of drug-likeness (QED) is 0.451. The predicted octanol–water partition coefficient (Wildman–Crippen LogP) is 4.69. The van der Waals surface area contributed by atoms with Gasteiger partial charge < -0.3 is 20.1 Å². The minimum absolute atomic E-state index is 0.205. The molecule has 1 aliphatic heterocycles. The fourth-order valence-corrected chi connectivity index (χ4v) is 3.39. The van der Waals surface area contributed by atoms with Crippen molar-refractivity contribution in [3.05, 3.63) is 96.1 Å². The molecule has 0 atom stereocenters. The predicted molar refractivity (Wildman–Crippen MR) is 121 cm³/mol. The van der Waals surface area contributed by atoms with Gasteiger partial charge in [0.15, 0.2) is 11.5 Å². The lowest BCUT2D eigenvalue weighted by atomic mass is 10.1. The van der Waals surface area contributed by atoms with Crippen molar-refractivity contribution in [2.45, 2.75) is 6.54 Å². The van der Waals surface area contributed by atoms with Crippen LogP contribution in [0.15, 0.2) is 79.1 Å². The van der Waals surface area contributed by atoms with Crippen LogP contribution in [0, 0.1) is 5.82 Å². The summed E-state index contributed by atoms with van der Waals surface area (Å²) in [6.07, 6.45) is 3.31. The number of ether oxygens (including phenoxy) is 2. The van der Waals surface area contributed by atoms with E-state index in [1.165, 1.54) is 12.1 Å². The number of nitrogens with zero attached hydrogens (tertiary/aromatic N) is 2. The summed E-state index contributed by atoms with van der Waals surface area (Å²) in [6.45, 7) is 0.574. The number of hydrogen-bond donors (Lipinski definition) is 2. The Bertz CT molecular complexity index is 1290. The Kier molecular flexibility index (Phi) is 5.55. The Balaban J connectivity index is 1.22. The number of carbonyl (C=O) groups is 1. The van der Waals surface area contributed by atoms with Gasteiger partial charge >= 0.3 is 0 Å². The van der Waals surface area contributed by atoms with E-state index in [-0.39, 0.29) is 18.5 Å². The maximum absolute atomic E-state index is 13.1. The van der Waals surface area contributed by atoms with Crippen molar-refractivity contribution in [1.29, 1.82) is 0 Å². The van der Waals surface area contributed by atoms with Gasteiger partial charge in [0.05, 0.1) is 0 Å². The first-order chi connectivity index (χ1) is 16.1. The first-order valence-corrected chi connectivity index (χ1v) is 10.3. The smallest absolute Gasteiger partial charge is 0.251 e. The summed E-state index contributed by atoms with van der Waals surface area (Å²) in [4.78, 5) is 21.3. The van der Waals surface area contributed by atoms with Crippen molar-refractivity contribution in [2.24, 2.45) is 0 Å². The molecule has 0 bridgehead atoms. The van der Waals surface area contributed by atoms with Gasteiger partial charge in [-0.1, -0.05) is 24.3 Å². The third-order valence-corrected chi connectivity index (χ3v) is 5.10. The van der Waals surface area contributed by atoms with Gasteiger partial charge in [-0.3, -0.25) is 4.79 Å². The average molecular weight is 442 g/mol. The van der Waals surface area contributed by atoms with Gasteiger partial charge in [0.2, 0.25) is 12.7 Å². The Morgan fingerprint density at radius 3 is 2.52 bits per heavy atom. The van der Waals surface area contributed by atoms with Gasteiger partial charge in [0.25, 0.3) is 5.91 Å². The van der Waals surface area contributed by atoms with Crippen LogP contribution < -0.4 is 20.1 Å². The molecular weight excluding hydrogens is 423 g/mol. The van der Waals surface area contributed by atoms with Crippen LogP contribution in [0.2, 0.25) is 0 Å². The SMILES string of the molecule is O=C(NCc1ccc2c(c1)OCO2)c1cccc(Nc2ncc(-c3ccc(F)cc3)cn2)c1. The molecule has 0 spiro atoms. The summed E-state index contributed by atoms with van der Waals surface area (Å²) in [5.74, 6) is 1.27. The van der Waals surface area contributed by atoms with Gasteiger partial charge in [-0.2, -0.15) is 0 Å². The van der Waals surface area contributed by atoms with Crippen LogP contribution in [0.1, 0.15) is 15.9 Å². The largest absolute Gasteiger partial charge is 0.454 e. The molecule has 1 aromatic heterocycles. The molecule has 0 saturated heterocycles. The lowest BCUT2D eigenvalue weighted by Gasteiger charge is -2.09. The normalized spacial score (nSPS) is 11.8. The molecule has 0 radical (unpaired) electrons. The summed E-state index contributed by atoms with van der Waals surface area (Å²) in [7, 11) is 0. The highest BCUT2D eigenvalue weighted by atomic mass is 19.1. The van der Waals surface area contributed by atoms with Gasteiger partial charge in [-0.15, -0.1) is 0 Å². The van der Waals surface area contributed by atoms with E-state index < -0.39 is 0 Å². The molecule has 8 heteroatoms. The van der Waals surface area contributed by atoms with E-state index in [0.29, 0.717) is 35.2 Å². The highest BCUT2D eigenvalue weighted by Crippen LogP contribution is 2.32. The zero-order valence-corrected chi connectivity index (χ0v) is 17.4. The molecule has 0 saturated carbocycles. The highest BCUT2D eigenvalue weighted by molar-refractivity contribution is 5.95. The molecule has 33 heavy (non-hydrogen) atoms. The number of benzene rings is 3. The first kappa shape index (κ1) is 20.4. The van der Waals surface area contributed by atoms with Crippen LogP contribution in [0.4, 0.5) is 16.0 Å². The van der Waals surface area contributed by atoms with Gasteiger partial charge in [-0.25, -0.2) is 14.4 Å². The maximum Gasteiger partial charge on any atom is 0.251 e. The van der Waals surface area contributed by atoms with Crippen LogP contribution >= 0.6 is 0 Å². The van der Waals surface area contributed by atoms with Crippen molar-refractivity contribution < 1.29 is 18.7 Å². The van der Waals surface area contributed by atoms with Crippen molar-refractivity contribution >= 4 is 17.5 Å². The number of carbonyl (C=O) groups excluding carboxylic acids is 1. The van der Waals surface area contributed by atoms with E-state index in [0.717, 1.165) is 16.7 Å². The Morgan fingerprint density at radius 1 is 0.909 bits per heavy atom. The molecule has 2 heterocycles. The summed E-state index contributed by atoms with van der Waals surface area (Å²) < 4.78 is 23.8. The highest BCUT2D eigenvalue weighted by Gasteiger charge is 2.14. The molecule has 0 fully saturated rings. The van der Waals surface area contributed by atoms with E-state index in [2.05, 4.69) is 20.6 Å². The van der Waals surface area contributed by atoms with E-state index in [1.54, 1.807) is 42.7 Å². The number of amides is 1. The number of halogens is 1. The molecular formula is C25H19FN4O3. The Hall–Kier alpha value is -4.46. The number of rotatable bonds is 6. The van der Waals surface area contributed by atoms with Gasteiger partial charge in [0.1, 0.15) is 5.82 Å². The van der Waals surface area contributed by atoms with Crippen LogP contribution in [-0.4, -0.2) is 22.7 Å². The third kappa shape index (κ3) is 4.74. The maximum atomic E-state index is 13.1. The second-order valence-electron chi connectivity index (χ2n) is 7.38. The molecule has 1 aliphatic rings. The molecule has 1 amide bonds. The lowest BCUT2D eigenvalue weighted by molar-refractivity contribution is 0.0951.